The molecule has 0 bridgehead atoms. The van der Waals surface area contributed by atoms with Crippen molar-refractivity contribution in [3.63, 3.8) is 0 Å². The second-order valence-corrected chi connectivity index (χ2v) is 3.34. The summed E-state index contributed by atoms with van der Waals surface area (Å²) >= 11 is 4.92. The van der Waals surface area contributed by atoms with Gasteiger partial charge in [0.1, 0.15) is 4.64 Å². The molecule has 0 amide bonds. The lowest BCUT2D eigenvalue weighted by atomic mass is 10.3. The van der Waals surface area contributed by atoms with E-state index in [4.69, 9.17) is 12.2 Å². The zero-order chi connectivity index (χ0) is 10.3. The standard InChI is InChI=1S/C9H6F2N2S/c1-4-9(14)13-8-3-6(11)5(10)2-7(8)12-4/h2-3H,1H3,(H,13,14). The van der Waals surface area contributed by atoms with E-state index < -0.39 is 11.6 Å². The summed E-state index contributed by atoms with van der Waals surface area (Å²) in [5, 5.41) is 0. The number of hydrogen-bond acceptors (Lipinski definition) is 2. The molecule has 1 aromatic heterocycles. The second-order valence-electron chi connectivity index (χ2n) is 2.93. The van der Waals surface area contributed by atoms with Gasteiger partial charge in [-0.05, 0) is 6.92 Å². The van der Waals surface area contributed by atoms with Crippen LogP contribution in [-0.4, -0.2) is 9.97 Å². The summed E-state index contributed by atoms with van der Waals surface area (Å²) < 4.78 is 26.1. The Hall–Kier alpha value is -1.36. The number of rotatable bonds is 0. The highest BCUT2D eigenvalue weighted by Gasteiger charge is 2.05. The summed E-state index contributed by atoms with van der Waals surface area (Å²) in [6.45, 7) is 1.71. The molecule has 0 radical (unpaired) electrons. The van der Waals surface area contributed by atoms with Gasteiger partial charge in [-0.2, -0.15) is 0 Å². The van der Waals surface area contributed by atoms with Gasteiger partial charge < -0.3 is 4.98 Å². The van der Waals surface area contributed by atoms with Crippen molar-refractivity contribution in [3.8, 4) is 0 Å². The molecule has 0 spiro atoms. The smallest absolute Gasteiger partial charge is 0.161 e. The van der Waals surface area contributed by atoms with Gasteiger partial charge in [-0.15, -0.1) is 0 Å². The van der Waals surface area contributed by atoms with E-state index in [2.05, 4.69) is 9.97 Å². The first-order chi connectivity index (χ1) is 6.58. The number of hydrogen-bond donors (Lipinski definition) is 1. The molecule has 0 aliphatic heterocycles. The number of H-pyrrole nitrogens is 1. The van der Waals surface area contributed by atoms with Crippen LogP contribution in [0.2, 0.25) is 0 Å². The predicted octanol–water partition coefficient (Wildman–Crippen LogP) is 2.88. The van der Waals surface area contributed by atoms with E-state index >= 15 is 0 Å². The quantitative estimate of drug-likeness (QED) is 0.680. The Kier molecular flexibility index (Phi) is 2.03. The Bertz CT molecular complexity index is 562. The van der Waals surface area contributed by atoms with Crippen LogP contribution in [0.15, 0.2) is 12.1 Å². The van der Waals surface area contributed by atoms with E-state index in [0.717, 1.165) is 12.1 Å². The zero-order valence-corrected chi connectivity index (χ0v) is 8.08. The fourth-order valence-corrected chi connectivity index (χ4v) is 1.33. The van der Waals surface area contributed by atoms with E-state index in [9.17, 15) is 8.78 Å². The van der Waals surface area contributed by atoms with Crippen molar-refractivity contribution in [1.82, 2.24) is 9.97 Å². The normalized spacial score (nSPS) is 10.8. The van der Waals surface area contributed by atoms with Crippen molar-refractivity contribution in [3.05, 3.63) is 34.1 Å². The van der Waals surface area contributed by atoms with E-state index in [1.54, 1.807) is 6.92 Å². The van der Waals surface area contributed by atoms with Gasteiger partial charge in [0.15, 0.2) is 11.6 Å². The zero-order valence-electron chi connectivity index (χ0n) is 7.27. The van der Waals surface area contributed by atoms with Crippen LogP contribution in [0.5, 0.6) is 0 Å². The first-order valence-corrected chi connectivity index (χ1v) is 4.34. The number of nitrogens with one attached hydrogen (secondary N) is 1. The average molecular weight is 212 g/mol. The van der Waals surface area contributed by atoms with Crippen LogP contribution < -0.4 is 0 Å². The Balaban J connectivity index is 2.90. The maximum Gasteiger partial charge on any atom is 0.161 e. The third-order valence-corrected chi connectivity index (χ3v) is 2.30. The highest BCUT2D eigenvalue weighted by molar-refractivity contribution is 7.71. The largest absolute Gasteiger partial charge is 0.343 e. The molecule has 1 aromatic carbocycles. The summed E-state index contributed by atoms with van der Waals surface area (Å²) in [6, 6.07) is 2.09. The van der Waals surface area contributed by atoms with Gasteiger partial charge in [-0.1, -0.05) is 12.2 Å². The van der Waals surface area contributed by atoms with Crippen LogP contribution >= 0.6 is 12.2 Å². The van der Waals surface area contributed by atoms with E-state index in [1.807, 2.05) is 0 Å². The van der Waals surface area contributed by atoms with Gasteiger partial charge >= 0.3 is 0 Å². The lowest BCUT2D eigenvalue weighted by molar-refractivity contribution is 0.510. The summed E-state index contributed by atoms with van der Waals surface area (Å²) in [5.41, 5.74) is 1.37. The average Bonchev–Trinajstić information content (AvgIpc) is 2.11. The highest BCUT2D eigenvalue weighted by atomic mass is 32.1. The van der Waals surface area contributed by atoms with Crippen LogP contribution in [0.25, 0.3) is 11.0 Å². The molecule has 0 saturated carbocycles. The Morgan fingerprint density at radius 1 is 1.29 bits per heavy atom. The van der Waals surface area contributed by atoms with E-state index in [0.29, 0.717) is 21.4 Å². The number of nitrogens with zero attached hydrogens (tertiary/aromatic N) is 1. The van der Waals surface area contributed by atoms with Crippen LogP contribution in [0.3, 0.4) is 0 Å². The minimum absolute atomic E-state index is 0.370. The number of aromatic amines is 1. The number of halogens is 2. The molecule has 0 unspecified atom stereocenters. The molecule has 2 nitrogen and oxygen atoms in total. The number of benzene rings is 1. The van der Waals surface area contributed by atoms with Gasteiger partial charge in [0.25, 0.3) is 0 Å². The predicted molar refractivity (Wildman–Crippen MR) is 51.6 cm³/mol. The molecule has 2 rings (SSSR count). The fourth-order valence-electron chi connectivity index (χ4n) is 1.17. The van der Waals surface area contributed by atoms with Crippen LogP contribution in [0, 0.1) is 23.2 Å². The van der Waals surface area contributed by atoms with Crippen LogP contribution in [0.1, 0.15) is 5.69 Å². The lowest BCUT2D eigenvalue weighted by Crippen LogP contribution is -1.92. The molecule has 72 valence electrons. The van der Waals surface area contributed by atoms with E-state index in [1.165, 1.54) is 0 Å². The molecule has 1 heterocycles. The van der Waals surface area contributed by atoms with Gasteiger partial charge in [-0.3, -0.25) is 0 Å². The van der Waals surface area contributed by atoms with Crippen molar-refractivity contribution in [2.24, 2.45) is 0 Å². The molecule has 1 N–H and O–H groups in total. The third-order valence-electron chi connectivity index (χ3n) is 1.90. The van der Waals surface area contributed by atoms with Crippen molar-refractivity contribution in [2.75, 3.05) is 0 Å². The Morgan fingerprint density at radius 2 is 1.93 bits per heavy atom. The third kappa shape index (κ3) is 1.39. The Labute approximate surface area is 83.6 Å². The summed E-state index contributed by atoms with van der Waals surface area (Å²) in [5.74, 6) is -1.82. The maximum atomic E-state index is 12.8. The molecule has 5 heteroatoms. The molecule has 0 atom stereocenters. The monoisotopic (exact) mass is 212 g/mol. The molecule has 0 aliphatic carbocycles. The first kappa shape index (κ1) is 9.21. The second kappa shape index (κ2) is 3.09. The van der Waals surface area contributed by atoms with Gasteiger partial charge in [0.2, 0.25) is 0 Å². The summed E-state index contributed by atoms with van der Waals surface area (Å²) in [6.07, 6.45) is 0. The van der Waals surface area contributed by atoms with E-state index in [-0.39, 0.29) is 0 Å². The fraction of sp³-hybridized carbons (Fsp3) is 0.111. The Morgan fingerprint density at radius 3 is 2.64 bits per heavy atom. The SMILES string of the molecule is Cc1nc2cc(F)c(F)cc2[nH]c1=S. The number of fused-ring (bicyclic) bond motifs is 1. The van der Waals surface area contributed by atoms with Crippen molar-refractivity contribution in [2.45, 2.75) is 6.92 Å². The van der Waals surface area contributed by atoms with Gasteiger partial charge in [-0.25, -0.2) is 13.8 Å². The van der Waals surface area contributed by atoms with Crippen molar-refractivity contribution >= 4 is 23.3 Å². The maximum absolute atomic E-state index is 12.8. The minimum Gasteiger partial charge on any atom is -0.343 e. The molecule has 2 aromatic rings. The van der Waals surface area contributed by atoms with Crippen molar-refractivity contribution < 1.29 is 8.78 Å². The summed E-state index contributed by atoms with van der Waals surface area (Å²) in [4.78, 5) is 6.81. The molecule has 0 fully saturated rings. The molecule has 0 aliphatic rings. The summed E-state index contributed by atoms with van der Waals surface area (Å²) in [7, 11) is 0. The molecule has 14 heavy (non-hydrogen) atoms. The molecular weight excluding hydrogens is 206 g/mol. The lowest BCUT2D eigenvalue weighted by Gasteiger charge is -2.00. The number of aromatic nitrogens is 2. The van der Waals surface area contributed by atoms with Gasteiger partial charge in [0.05, 0.1) is 16.7 Å². The van der Waals surface area contributed by atoms with Crippen LogP contribution in [-0.2, 0) is 0 Å². The highest BCUT2D eigenvalue weighted by Crippen LogP contribution is 2.15. The first-order valence-electron chi connectivity index (χ1n) is 3.93. The molecule has 0 saturated heterocycles. The van der Waals surface area contributed by atoms with Gasteiger partial charge in [0, 0.05) is 12.1 Å². The topological polar surface area (TPSA) is 28.7 Å². The van der Waals surface area contributed by atoms with Crippen molar-refractivity contribution in [1.29, 1.82) is 0 Å². The van der Waals surface area contributed by atoms with Crippen LogP contribution in [0.4, 0.5) is 8.78 Å². The molecular formula is C9H6F2N2S. The number of aryl methyl sites for hydroxylation is 1. The minimum atomic E-state index is -0.909.